The molecular weight excluding hydrogens is 350 g/mol. The van der Waals surface area contributed by atoms with Crippen LogP contribution in [-0.4, -0.2) is 17.9 Å². The number of halogens is 2. The molecule has 0 saturated heterocycles. The molecule has 0 aliphatic rings. The van der Waals surface area contributed by atoms with Gasteiger partial charge in [-0.3, -0.25) is 9.59 Å². The lowest BCUT2D eigenvalue weighted by Crippen LogP contribution is -2.46. The molecule has 0 aliphatic carbocycles. The van der Waals surface area contributed by atoms with Crippen molar-refractivity contribution in [2.75, 3.05) is 0 Å². The largest absolute Gasteiger partial charge is 0.368 e. The van der Waals surface area contributed by atoms with Crippen molar-refractivity contribution >= 4 is 22.6 Å². The molecule has 0 spiro atoms. The maximum absolute atomic E-state index is 13.7. The number of rotatable bonds is 6. The van der Waals surface area contributed by atoms with Crippen LogP contribution in [0.3, 0.4) is 0 Å². The van der Waals surface area contributed by atoms with Crippen molar-refractivity contribution in [1.82, 2.24) is 5.32 Å². The lowest BCUT2D eigenvalue weighted by molar-refractivity contribution is -0.127. The lowest BCUT2D eigenvalue weighted by atomic mass is 10.0. The van der Waals surface area contributed by atoms with Gasteiger partial charge in [-0.2, -0.15) is 0 Å². The first-order valence-electron chi connectivity index (χ1n) is 8.42. The van der Waals surface area contributed by atoms with Crippen molar-refractivity contribution in [3.05, 3.63) is 83.4 Å². The minimum atomic E-state index is -0.929. The number of benzene rings is 3. The van der Waals surface area contributed by atoms with E-state index in [9.17, 15) is 18.4 Å². The van der Waals surface area contributed by atoms with Crippen LogP contribution in [0.15, 0.2) is 60.7 Å². The fraction of sp³-hybridized carbons (Fsp3) is 0.143. The Morgan fingerprint density at radius 1 is 0.963 bits per heavy atom. The van der Waals surface area contributed by atoms with Crippen LogP contribution in [0.5, 0.6) is 0 Å². The number of carbonyl (C=O) groups excluding carboxylic acids is 2. The summed E-state index contributed by atoms with van der Waals surface area (Å²) >= 11 is 0. The van der Waals surface area contributed by atoms with Crippen LogP contribution in [0.1, 0.15) is 11.1 Å². The third-order valence-electron chi connectivity index (χ3n) is 4.30. The molecule has 0 bridgehead atoms. The average molecular weight is 368 g/mol. The second-order valence-electron chi connectivity index (χ2n) is 6.32. The van der Waals surface area contributed by atoms with E-state index in [0.717, 1.165) is 22.4 Å². The SMILES string of the molecule is NC(=O)[C@H](Cc1ccc2ccccc2c1)NC(=O)Cc1ccc(F)cc1F. The van der Waals surface area contributed by atoms with Gasteiger partial charge in [-0.05, 0) is 28.0 Å². The first kappa shape index (κ1) is 18.5. The summed E-state index contributed by atoms with van der Waals surface area (Å²) in [7, 11) is 0. The minimum absolute atomic E-state index is 0.0443. The Bertz CT molecular complexity index is 1000. The summed E-state index contributed by atoms with van der Waals surface area (Å²) in [5.41, 5.74) is 6.29. The normalized spacial score (nSPS) is 11.9. The van der Waals surface area contributed by atoms with E-state index >= 15 is 0 Å². The van der Waals surface area contributed by atoms with Gasteiger partial charge in [0.05, 0.1) is 6.42 Å². The summed E-state index contributed by atoms with van der Waals surface area (Å²) in [5, 5.41) is 4.60. The summed E-state index contributed by atoms with van der Waals surface area (Å²) in [5.74, 6) is -2.78. The molecule has 2 amide bonds. The van der Waals surface area contributed by atoms with Crippen LogP contribution < -0.4 is 11.1 Å². The van der Waals surface area contributed by atoms with Crippen LogP contribution in [0.4, 0.5) is 8.78 Å². The summed E-state index contributed by atoms with van der Waals surface area (Å²) in [6.07, 6.45) is -0.0918. The maximum Gasteiger partial charge on any atom is 0.240 e. The van der Waals surface area contributed by atoms with Crippen LogP contribution in [-0.2, 0) is 22.4 Å². The molecule has 3 aromatic rings. The van der Waals surface area contributed by atoms with Gasteiger partial charge in [0.25, 0.3) is 0 Å². The standard InChI is InChI=1S/C21H18F2N2O2/c22-17-8-7-16(18(23)12-17)11-20(26)25-19(21(24)27)10-13-5-6-14-3-1-2-4-15(14)9-13/h1-9,12,19H,10-11H2,(H2,24,27)(H,25,26)/t19-/m0/s1. The van der Waals surface area contributed by atoms with Crippen LogP contribution in [0.2, 0.25) is 0 Å². The Morgan fingerprint density at radius 3 is 2.41 bits per heavy atom. The number of nitrogens with two attached hydrogens (primary N) is 1. The third kappa shape index (κ3) is 4.67. The monoisotopic (exact) mass is 368 g/mol. The highest BCUT2D eigenvalue weighted by atomic mass is 19.1. The van der Waals surface area contributed by atoms with E-state index in [1.54, 1.807) is 0 Å². The average Bonchev–Trinajstić information content (AvgIpc) is 2.63. The third-order valence-corrected chi connectivity index (χ3v) is 4.30. The molecule has 4 nitrogen and oxygen atoms in total. The number of carbonyl (C=O) groups is 2. The van der Waals surface area contributed by atoms with E-state index in [-0.39, 0.29) is 18.4 Å². The molecule has 6 heteroatoms. The molecule has 0 radical (unpaired) electrons. The zero-order valence-corrected chi connectivity index (χ0v) is 14.4. The lowest BCUT2D eigenvalue weighted by Gasteiger charge is -2.16. The maximum atomic E-state index is 13.7. The number of nitrogens with one attached hydrogen (secondary N) is 1. The second-order valence-corrected chi connectivity index (χ2v) is 6.32. The predicted molar refractivity (Wildman–Crippen MR) is 98.8 cm³/mol. The molecule has 3 N–H and O–H groups in total. The Hall–Kier alpha value is -3.28. The highest BCUT2D eigenvalue weighted by molar-refractivity contribution is 5.88. The van der Waals surface area contributed by atoms with Crippen molar-refractivity contribution in [2.24, 2.45) is 5.73 Å². The molecule has 3 aromatic carbocycles. The van der Waals surface area contributed by atoms with Gasteiger partial charge in [0, 0.05) is 12.5 Å². The molecular formula is C21H18F2N2O2. The fourth-order valence-corrected chi connectivity index (χ4v) is 2.91. The number of primary amides is 1. The van der Waals surface area contributed by atoms with Gasteiger partial charge in [0.15, 0.2) is 0 Å². The molecule has 0 fully saturated rings. The minimum Gasteiger partial charge on any atom is -0.368 e. The molecule has 138 valence electrons. The van der Waals surface area contributed by atoms with Gasteiger partial charge in [-0.15, -0.1) is 0 Å². The van der Waals surface area contributed by atoms with Gasteiger partial charge in [-0.1, -0.05) is 48.5 Å². The Morgan fingerprint density at radius 2 is 1.70 bits per heavy atom. The van der Waals surface area contributed by atoms with Crippen LogP contribution >= 0.6 is 0 Å². The zero-order valence-electron chi connectivity index (χ0n) is 14.4. The van der Waals surface area contributed by atoms with E-state index in [2.05, 4.69) is 5.32 Å². The molecule has 0 unspecified atom stereocenters. The quantitative estimate of drug-likeness (QED) is 0.702. The Balaban J connectivity index is 1.71. The first-order valence-corrected chi connectivity index (χ1v) is 8.42. The van der Waals surface area contributed by atoms with Crippen molar-refractivity contribution < 1.29 is 18.4 Å². The fourth-order valence-electron chi connectivity index (χ4n) is 2.91. The van der Waals surface area contributed by atoms with Gasteiger partial charge in [0.2, 0.25) is 11.8 Å². The van der Waals surface area contributed by atoms with Gasteiger partial charge >= 0.3 is 0 Å². The van der Waals surface area contributed by atoms with Crippen molar-refractivity contribution in [2.45, 2.75) is 18.9 Å². The number of hydrogen-bond donors (Lipinski definition) is 2. The van der Waals surface area contributed by atoms with Gasteiger partial charge in [0.1, 0.15) is 17.7 Å². The van der Waals surface area contributed by atoms with Gasteiger partial charge < -0.3 is 11.1 Å². The van der Waals surface area contributed by atoms with Crippen LogP contribution in [0, 0.1) is 11.6 Å². The molecule has 0 saturated carbocycles. The summed E-state index contributed by atoms with van der Waals surface area (Å²) in [6, 6.07) is 15.6. The second kappa shape index (κ2) is 7.95. The summed E-state index contributed by atoms with van der Waals surface area (Å²) in [6.45, 7) is 0. The van der Waals surface area contributed by atoms with Crippen LogP contribution in [0.25, 0.3) is 10.8 Å². The molecule has 1 atom stereocenters. The van der Waals surface area contributed by atoms with E-state index < -0.39 is 29.5 Å². The molecule has 27 heavy (non-hydrogen) atoms. The number of amides is 2. The predicted octanol–water partition coefficient (Wildman–Crippen LogP) is 2.87. The van der Waals surface area contributed by atoms with Crippen molar-refractivity contribution in [3.8, 4) is 0 Å². The molecule has 0 heterocycles. The molecule has 0 aliphatic heterocycles. The Kier molecular flexibility index (Phi) is 5.45. The van der Waals surface area contributed by atoms with Crippen molar-refractivity contribution in [3.63, 3.8) is 0 Å². The number of fused-ring (bicyclic) bond motifs is 1. The molecule has 0 aromatic heterocycles. The van der Waals surface area contributed by atoms with E-state index in [0.29, 0.717) is 6.07 Å². The van der Waals surface area contributed by atoms with E-state index in [1.807, 2.05) is 42.5 Å². The van der Waals surface area contributed by atoms with Gasteiger partial charge in [-0.25, -0.2) is 8.78 Å². The highest BCUT2D eigenvalue weighted by Crippen LogP contribution is 2.17. The molecule has 3 rings (SSSR count). The highest BCUT2D eigenvalue weighted by Gasteiger charge is 2.20. The Labute approximate surface area is 155 Å². The smallest absolute Gasteiger partial charge is 0.240 e. The first-order chi connectivity index (χ1) is 12.9. The summed E-state index contributed by atoms with van der Waals surface area (Å²) in [4.78, 5) is 23.9. The van der Waals surface area contributed by atoms with Crippen molar-refractivity contribution in [1.29, 1.82) is 0 Å². The number of hydrogen-bond acceptors (Lipinski definition) is 2. The zero-order chi connectivity index (χ0) is 19.4. The topological polar surface area (TPSA) is 72.2 Å². The summed E-state index contributed by atoms with van der Waals surface area (Å²) < 4.78 is 26.6. The van der Waals surface area contributed by atoms with E-state index in [1.165, 1.54) is 6.07 Å². The van der Waals surface area contributed by atoms with E-state index in [4.69, 9.17) is 5.73 Å².